The van der Waals surface area contributed by atoms with Gasteiger partial charge in [-0.15, -0.1) is 0 Å². The van der Waals surface area contributed by atoms with Crippen LogP contribution in [0.4, 0.5) is 0 Å². The van der Waals surface area contributed by atoms with Crippen molar-refractivity contribution in [1.82, 2.24) is 4.90 Å². The first-order valence-corrected chi connectivity index (χ1v) is 8.94. The lowest BCUT2D eigenvalue weighted by molar-refractivity contribution is -0.134. The van der Waals surface area contributed by atoms with Crippen molar-refractivity contribution in [1.29, 1.82) is 5.26 Å². The van der Waals surface area contributed by atoms with Crippen molar-refractivity contribution >= 4 is 11.6 Å². The lowest BCUT2D eigenvalue weighted by Crippen LogP contribution is -2.39. The molecule has 1 aliphatic heterocycles. The molecule has 1 unspecified atom stereocenters. The van der Waals surface area contributed by atoms with Gasteiger partial charge in [0.15, 0.2) is 6.61 Å². The van der Waals surface area contributed by atoms with E-state index in [1.165, 1.54) is 0 Å². The Hall–Kier alpha value is -3.13. The molecule has 0 spiro atoms. The number of carbonyl (C=O) groups excluding carboxylic acids is 1. The van der Waals surface area contributed by atoms with Gasteiger partial charge in [0.1, 0.15) is 23.6 Å². The van der Waals surface area contributed by atoms with Gasteiger partial charge in [-0.05, 0) is 32.4 Å². The second-order valence-corrected chi connectivity index (χ2v) is 7.52. The van der Waals surface area contributed by atoms with Crippen molar-refractivity contribution in [2.45, 2.75) is 38.9 Å². The van der Waals surface area contributed by atoms with Crippen molar-refractivity contribution in [3.8, 4) is 11.8 Å². The van der Waals surface area contributed by atoms with Gasteiger partial charge in [0.25, 0.3) is 5.91 Å². The largest absolute Gasteiger partial charge is 0.483 e. The third-order valence-electron chi connectivity index (χ3n) is 4.22. The summed E-state index contributed by atoms with van der Waals surface area (Å²) in [5, 5.41) is 9.87. The van der Waals surface area contributed by atoms with E-state index in [-0.39, 0.29) is 12.5 Å². The standard InChI is InChI=1S/C22H23N3O2/c1-22(2,3)24-18(13-23)21-17-11-7-8-12-19(17)27-15-20(26)25(21)14-16-9-5-4-6-10-16/h4-12,21H,14-15H2,1-3H3. The zero-order valence-corrected chi connectivity index (χ0v) is 15.8. The SMILES string of the molecule is CC(C)(C)N=C(C#N)C1c2ccccc2OCC(=O)N1Cc1ccccc1. The van der Waals surface area contributed by atoms with Crippen LogP contribution in [0, 0.1) is 11.3 Å². The predicted molar refractivity (Wildman–Crippen MR) is 104 cm³/mol. The summed E-state index contributed by atoms with van der Waals surface area (Å²) in [6, 6.07) is 18.9. The second kappa shape index (κ2) is 7.63. The minimum absolute atomic E-state index is 0.0609. The van der Waals surface area contributed by atoms with Gasteiger partial charge in [-0.25, -0.2) is 0 Å². The molecule has 0 aromatic heterocycles. The highest BCUT2D eigenvalue weighted by Gasteiger charge is 2.35. The van der Waals surface area contributed by atoms with Gasteiger partial charge >= 0.3 is 0 Å². The van der Waals surface area contributed by atoms with Gasteiger partial charge in [-0.3, -0.25) is 9.79 Å². The van der Waals surface area contributed by atoms with Crippen molar-refractivity contribution in [2.24, 2.45) is 4.99 Å². The second-order valence-electron chi connectivity index (χ2n) is 7.52. The van der Waals surface area contributed by atoms with Crippen LogP contribution in [-0.2, 0) is 11.3 Å². The lowest BCUT2D eigenvalue weighted by atomic mass is 9.98. The van der Waals surface area contributed by atoms with E-state index in [2.05, 4.69) is 11.1 Å². The first-order chi connectivity index (χ1) is 12.9. The Kier molecular flexibility index (Phi) is 5.27. The molecular weight excluding hydrogens is 338 g/mol. The maximum atomic E-state index is 12.9. The number of hydrogen-bond acceptors (Lipinski definition) is 4. The molecule has 138 valence electrons. The first-order valence-electron chi connectivity index (χ1n) is 8.94. The van der Waals surface area contributed by atoms with E-state index in [9.17, 15) is 10.1 Å². The highest BCUT2D eigenvalue weighted by molar-refractivity contribution is 6.05. The highest BCUT2D eigenvalue weighted by Crippen LogP contribution is 2.35. The minimum atomic E-state index is -0.583. The number of ether oxygens (including phenoxy) is 1. The number of carbonyl (C=O) groups is 1. The number of aliphatic imine (C=N–C) groups is 1. The molecule has 0 N–H and O–H groups in total. The molecular formula is C22H23N3O2. The Morgan fingerprint density at radius 3 is 2.52 bits per heavy atom. The van der Waals surface area contributed by atoms with Crippen LogP contribution < -0.4 is 4.74 Å². The summed E-state index contributed by atoms with van der Waals surface area (Å²) in [5.41, 5.74) is 1.64. The van der Waals surface area contributed by atoms with E-state index in [0.29, 0.717) is 18.0 Å². The quantitative estimate of drug-likeness (QED) is 0.779. The molecule has 1 heterocycles. The summed E-state index contributed by atoms with van der Waals surface area (Å²) < 4.78 is 5.73. The third-order valence-corrected chi connectivity index (χ3v) is 4.22. The van der Waals surface area contributed by atoms with Gasteiger partial charge in [0.2, 0.25) is 0 Å². The molecule has 0 radical (unpaired) electrons. The predicted octanol–water partition coefficient (Wildman–Crippen LogP) is 3.91. The molecule has 0 saturated heterocycles. The van der Waals surface area contributed by atoms with E-state index in [4.69, 9.17) is 4.74 Å². The number of hydrogen-bond donors (Lipinski definition) is 0. The van der Waals surface area contributed by atoms with Crippen LogP contribution in [0.1, 0.15) is 37.9 Å². The topological polar surface area (TPSA) is 65.7 Å². The summed E-state index contributed by atoms with van der Waals surface area (Å²) in [7, 11) is 0. The highest BCUT2D eigenvalue weighted by atomic mass is 16.5. The summed E-state index contributed by atoms with van der Waals surface area (Å²) in [5.74, 6) is 0.445. The molecule has 27 heavy (non-hydrogen) atoms. The lowest BCUT2D eigenvalue weighted by Gasteiger charge is -2.30. The van der Waals surface area contributed by atoms with Crippen molar-refractivity contribution in [3.63, 3.8) is 0 Å². The summed E-state index contributed by atoms with van der Waals surface area (Å²) in [6.45, 7) is 6.13. The Morgan fingerprint density at radius 1 is 1.19 bits per heavy atom. The average Bonchev–Trinajstić information content (AvgIpc) is 2.78. The fourth-order valence-corrected chi connectivity index (χ4v) is 3.14. The van der Waals surface area contributed by atoms with Crippen LogP contribution >= 0.6 is 0 Å². The van der Waals surface area contributed by atoms with E-state index in [1.807, 2.05) is 75.4 Å². The maximum absolute atomic E-state index is 12.9. The van der Waals surface area contributed by atoms with Crippen molar-refractivity contribution in [3.05, 3.63) is 65.7 Å². The van der Waals surface area contributed by atoms with E-state index in [1.54, 1.807) is 4.90 Å². The van der Waals surface area contributed by atoms with Crippen molar-refractivity contribution in [2.75, 3.05) is 6.61 Å². The normalized spacial score (nSPS) is 17.6. The van der Waals surface area contributed by atoms with Crippen LogP contribution in [0.3, 0.4) is 0 Å². The Labute approximate surface area is 159 Å². The Bertz CT molecular complexity index is 892. The Balaban J connectivity index is 2.14. The molecule has 2 aromatic rings. The van der Waals surface area contributed by atoms with E-state index in [0.717, 1.165) is 11.1 Å². The van der Waals surface area contributed by atoms with Gasteiger partial charge in [-0.2, -0.15) is 5.26 Å². The first kappa shape index (κ1) is 18.7. The zero-order chi connectivity index (χ0) is 19.4. The molecule has 0 aliphatic carbocycles. The third kappa shape index (κ3) is 4.35. The number of rotatable bonds is 3. The van der Waals surface area contributed by atoms with E-state index >= 15 is 0 Å². The molecule has 2 aromatic carbocycles. The number of benzene rings is 2. The van der Waals surface area contributed by atoms with Crippen LogP contribution in [0.2, 0.25) is 0 Å². The molecule has 1 aliphatic rings. The molecule has 0 saturated carbocycles. The number of nitrogens with zero attached hydrogens (tertiary/aromatic N) is 3. The average molecular weight is 361 g/mol. The van der Waals surface area contributed by atoms with Gasteiger partial charge in [0.05, 0.1) is 5.54 Å². The van der Waals surface area contributed by atoms with Gasteiger partial charge < -0.3 is 9.64 Å². The molecule has 3 rings (SSSR count). The molecule has 0 bridgehead atoms. The maximum Gasteiger partial charge on any atom is 0.261 e. The fraction of sp³-hybridized carbons (Fsp3) is 0.318. The van der Waals surface area contributed by atoms with Gasteiger partial charge in [0, 0.05) is 12.1 Å². The zero-order valence-electron chi connectivity index (χ0n) is 15.8. The summed E-state index contributed by atoms with van der Waals surface area (Å²) >= 11 is 0. The van der Waals surface area contributed by atoms with Crippen molar-refractivity contribution < 1.29 is 9.53 Å². The molecule has 5 heteroatoms. The summed E-state index contributed by atoms with van der Waals surface area (Å²) in [4.78, 5) is 19.2. The minimum Gasteiger partial charge on any atom is -0.483 e. The van der Waals surface area contributed by atoms with Crippen LogP contribution in [0.25, 0.3) is 0 Å². The van der Waals surface area contributed by atoms with Crippen LogP contribution in [-0.4, -0.2) is 28.7 Å². The molecule has 1 amide bonds. The molecule has 1 atom stereocenters. The van der Waals surface area contributed by atoms with Gasteiger partial charge in [-0.1, -0.05) is 48.5 Å². The number of nitriles is 1. The smallest absolute Gasteiger partial charge is 0.261 e. The summed E-state index contributed by atoms with van der Waals surface area (Å²) in [6.07, 6.45) is 0. The Morgan fingerprint density at radius 2 is 1.85 bits per heavy atom. The molecule has 5 nitrogen and oxygen atoms in total. The van der Waals surface area contributed by atoms with Crippen LogP contribution in [0.5, 0.6) is 5.75 Å². The fourth-order valence-electron chi connectivity index (χ4n) is 3.14. The number of fused-ring (bicyclic) bond motifs is 1. The van der Waals surface area contributed by atoms with Crippen LogP contribution in [0.15, 0.2) is 59.6 Å². The number of para-hydroxylation sites is 1. The monoisotopic (exact) mass is 361 g/mol. The number of amides is 1. The van der Waals surface area contributed by atoms with E-state index < -0.39 is 11.6 Å². The molecule has 0 fully saturated rings.